The monoisotopic (exact) mass is 371 g/mol. The number of rotatable bonds is 5. The number of piperidine rings is 1. The molecule has 2 heterocycles. The summed E-state index contributed by atoms with van der Waals surface area (Å²) >= 11 is 0. The molecule has 2 aliphatic heterocycles. The zero-order valence-electron chi connectivity index (χ0n) is 17.2. The van der Waals surface area contributed by atoms with Gasteiger partial charge in [-0.05, 0) is 71.3 Å². The van der Waals surface area contributed by atoms with Gasteiger partial charge in [0.15, 0.2) is 0 Å². The van der Waals surface area contributed by atoms with Crippen LogP contribution in [-0.4, -0.2) is 61.9 Å². The lowest BCUT2D eigenvalue weighted by Gasteiger charge is -2.34. The fourth-order valence-corrected chi connectivity index (χ4v) is 4.36. The second-order valence-electron chi connectivity index (χ2n) is 8.56. The summed E-state index contributed by atoms with van der Waals surface area (Å²) in [5.41, 5.74) is 3.23. The largest absolute Gasteiger partial charge is 0.342 e. The Bertz CT molecular complexity index is 693. The van der Waals surface area contributed by atoms with Gasteiger partial charge in [-0.15, -0.1) is 0 Å². The maximum Gasteiger partial charge on any atom is 0.228 e. The highest BCUT2D eigenvalue weighted by Gasteiger charge is 2.38. The van der Waals surface area contributed by atoms with Gasteiger partial charge in [-0.25, -0.2) is 0 Å². The van der Waals surface area contributed by atoms with E-state index in [-0.39, 0.29) is 17.7 Å². The molecule has 1 aromatic rings. The molecule has 0 bridgehead atoms. The van der Waals surface area contributed by atoms with E-state index < -0.39 is 0 Å². The van der Waals surface area contributed by atoms with E-state index in [1.54, 1.807) is 4.90 Å². The Morgan fingerprint density at radius 3 is 2.52 bits per heavy atom. The number of hydrogen-bond donors (Lipinski definition) is 0. The van der Waals surface area contributed by atoms with Gasteiger partial charge in [-0.3, -0.25) is 9.59 Å². The van der Waals surface area contributed by atoms with Gasteiger partial charge < -0.3 is 14.7 Å². The van der Waals surface area contributed by atoms with Crippen molar-refractivity contribution >= 4 is 17.5 Å². The van der Waals surface area contributed by atoms with Gasteiger partial charge in [0.25, 0.3) is 0 Å². The maximum absolute atomic E-state index is 13.0. The molecule has 0 N–H and O–H groups in total. The molecule has 3 rings (SSSR count). The Balaban J connectivity index is 1.57. The highest BCUT2D eigenvalue weighted by molar-refractivity contribution is 6.00. The van der Waals surface area contributed by atoms with E-state index in [1.807, 2.05) is 24.0 Å². The van der Waals surface area contributed by atoms with Crippen LogP contribution in [0.25, 0.3) is 0 Å². The molecule has 2 fully saturated rings. The van der Waals surface area contributed by atoms with Gasteiger partial charge in [-0.2, -0.15) is 0 Å². The van der Waals surface area contributed by atoms with Crippen molar-refractivity contribution in [3.8, 4) is 0 Å². The molecule has 1 aromatic carbocycles. The van der Waals surface area contributed by atoms with Gasteiger partial charge in [0.1, 0.15) is 0 Å². The van der Waals surface area contributed by atoms with Crippen LogP contribution in [0.5, 0.6) is 0 Å². The van der Waals surface area contributed by atoms with Crippen molar-refractivity contribution in [2.45, 2.75) is 39.5 Å². The van der Waals surface area contributed by atoms with Crippen LogP contribution < -0.4 is 4.90 Å². The van der Waals surface area contributed by atoms with Crippen LogP contribution in [0, 0.1) is 25.7 Å². The minimum atomic E-state index is -0.198. The van der Waals surface area contributed by atoms with Crippen molar-refractivity contribution in [2.24, 2.45) is 11.8 Å². The van der Waals surface area contributed by atoms with Gasteiger partial charge in [-0.1, -0.05) is 17.7 Å². The van der Waals surface area contributed by atoms with Crippen molar-refractivity contribution in [3.63, 3.8) is 0 Å². The first kappa shape index (κ1) is 19.9. The Labute approximate surface area is 163 Å². The van der Waals surface area contributed by atoms with Crippen LogP contribution in [-0.2, 0) is 9.59 Å². The zero-order chi connectivity index (χ0) is 19.6. The van der Waals surface area contributed by atoms with Gasteiger partial charge >= 0.3 is 0 Å². The molecule has 2 aliphatic rings. The summed E-state index contributed by atoms with van der Waals surface area (Å²) in [6, 6.07) is 6.13. The number of hydrogen-bond acceptors (Lipinski definition) is 3. The average molecular weight is 372 g/mol. The van der Waals surface area contributed by atoms with Crippen molar-refractivity contribution in [1.29, 1.82) is 0 Å². The molecule has 5 heteroatoms. The number of benzene rings is 1. The predicted octanol–water partition coefficient (Wildman–Crippen LogP) is 2.85. The third-order valence-corrected chi connectivity index (χ3v) is 6.03. The van der Waals surface area contributed by atoms with E-state index in [0.717, 1.165) is 43.7 Å². The molecule has 0 saturated carbocycles. The molecule has 27 heavy (non-hydrogen) atoms. The molecule has 2 amide bonds. The molecule has 1 atom stereocenters. The molecular formula is C22H33N3O2. The zero-order valence-corrected chi connectivity index (χ0v) is 17.2. The number of carbonyl (C=O) groups excluding carboxylic acids is 2. The van der Waals surface area contributed by atoms with E-state index in [1.165, 1.54) is 12.0 Å². The number of nitrogens with zero attached hydrogens (tertiary/aromatic N) is 3. The third kappa shape index (κ3) is 4.70. The molecule has 0 aliphatic carbocycles. The minimum absolute atomic E-state index is 0.0705. The number of carbonyl (C=O) groups is 2. The SMILES string of the molecule is Cc1ccc(N2CC(C(=O)N3CCC(CCN(C)C)CC3)CC2=O)c(C)c1. The minimum Gasteiger partial charge on any atom is -0.342 e. The molecule has 2 saturated heterocycles. The summed E-state index contributed by atoms with van der Waals surface area (Å²) in [5.74, 6) is 0.757. The van der Waals surface area contributed by atoms with E-state index in [9.17, 15) is 9.59 Å². The second kappa shape index (κ2) is 8.42. The first-order valence-corrected chi connectivity index (χ1v) is 10.2. The number of likely N-dealkylation sites (tertiary alicyclic amines) is 1. The Morgan fingerprint density at radius 1 is 1.19 bits per heavy atom. The summed E-state index contributed by atoms with van der Waals surface area (Å²) in [4.78, 5) is 31.6. The topological polar surface area (TPSA) is 43.9 Å². The third-order valence-electron chi connectivity index (χ3n) is 6.03. The summed E-state index contributed by atoms with van der Waals surface area (Å²) in [7, 11) is 4.22. The molecular weight excluding hydrogens is 338 g/mol. The second-order valence-corrected chi connectivity index (χ2v) is 8.56. The molecule has 1 unspecified atom stereocenters. The summed E-state index contributed by atoms with van der Waals surface area (Å²) in [5, 5.41) is 0. The van der Waals surface area contributed by atoms with Crippen LogP contribution in [0.1, 0.15) is 36.8 Å². The normalized spacial score (nSPS) is 21.4. The van der Waals surface area contributed by atoms with Gasteiger partial charge in [0.05, 0.1) is 5.92 Å². The van der Waals surface area contributed by atoms with Crippen LogP contribution in [0.15, 0.2) is 18.2 Å². The molecule has 0 aromatic heterocycles. The van der Waals surface area contributed by atoms with Crippen LogP contribution in [0.2, 0.25) is 0 Å². The Kier molecular flexibility index (Phi) is 6.20. The fourth-order valence-electron chi connectivity index (χ4n) is 4.36. The molecule has 0 radical (unpaired) electrons. The van der Waals surface area contributed by atoms with E-state index in [2.05, 4.69) is 32.0 Å². The summed E-state index contributed by atoms with van der Waals surface area (Å²) in [6.45, 7) is 7.39. The Hall–Kier alpha value is -1.88. The quantitative estimate of drug-likeness (QED) is 0.799. The van der Waals surface area contributed by atoms with E-state index in [0.29, 0.717) is 18.9 Å². The van der Waals surface area contributed by atoms with Crippen LogP contribution in [0.3, 0.4) is 0 Å². The number of amides is 2. The van der Waals surface area contributed by atoms with Gasteiger partial charge in [0, 0.05) is 31.7 Å². The molecule has 5 nitrogen and oxygen atoms in total. The standard InChI is InChI=1S/C22H33N3O2/c1-16-5-6-20(17(2)13-16)25-15-19(14-21(25)26)22(27)24-11-8-18(9-12-24)7-10-23(3)4/h5-6,13,18-19H,7-12,14-15H2,1-4H3. The fraction of sp³-hybridized carbons (Fsp3) is 0.636. The highest BCUT2D eigenvalue weighted by atomic mass is 16.2. The van der Waals surface area contributed by atoms with Crippen molar-refractivity contribution in [2.75, 3.05) is 45.2 Å². The predicted molar refractivity (Wildman–Crippen MR) is 109 cm³/mol. The maximum atomic E-state index is 13.0. The van der Waals surface area contributed by atoms with E-state index in [4.69, 9.17) is 0 Å². The average Bonchev–Trinajstić information content (AvgIpc) is 3.01. The number of anilines is 1. The van der Waals surface area contributed by atoms with Crippen LogP contribution >= 0.6 is 0 Å². The van der Waals surface area contributed by atoms with Crippen molar-refractivity contribution < 1.29 is 9.59 Å². The Morgan fingerprint density at radius 2 is 1.89 bits per heavy atom. The van der Waals surface area contributed by atoms with Crippen molar-refractivity contribution in [1.82, 2.24) is 9.80 Å². The van der Waals surface area contributed by atoms with E-state index >= 15 is 0 Å². The lowest BCUT2D eigenvalue weighted by atomic mass is 9.92. The van der Waals surface area contributed by atoms with Crippen molar-refractivity contribution in [3.05, 3.63) is 29.3 Å². The number of aryl methyl sites for hydroxylation is 2. The molecule has 148 valence electrons. The first-order chi connectivity index (χ1) is 12.8. The van der Waals surface area contributed by atoms with Gasteiger partial charge in [0.2, 0.25) is 11.8 Å². The summed E-state index contributed by atoms with van der Waals surface area (Å²) < 4.78 is 0. The highest BCUT2D eigenvalue weighted by Crippen LogP contribution is 2.30. The summed E-state index contributed by atoms with van der Waals surface area (Å²) in [6.07, 6.45) is 3.71. The lowest BCUT2D eigenvalue weighted by Crippen LogP contribution is -2.42. The smallest absolute Gasteiger partial charge is 0.228 e. The lowest BCUT2D eigenvalue weighted by molar-refractivity contribution is -0.137. The first-order valence-electron chi connectivity index (χ1n) is 10.2. The van der Waals surface area contributed by atoms with Crippen LogP contribution in [0.4, 0.5) is 5.69 Å². The molecule has 0 spiro atoms.